The lowest BCUT2D eigenvalue weighted by Gasteiger charge is -2.39. The molecule has 1 aromatic rings. The van der Waals surface area contributed by atoms with E-state index in [9.17, 15) is 5.11 Å². The molecular weight excluding hydrogens is 228 g/mol. The van der Waals surface area contributed by atoms with E-state index in [1.54, 1.807) is 12.1 Å². The lowest BCUT2D eigenvalue weighted by molar-refractivity contribution is 0.106. The number of rotatable bonds is 1. The molecule has 0 amide bonds. The van der Waals surface area contributed by atoms with Crippen LogP contribution in [-0.2, 0) is 0 Å². The maximum atomic E-state index is 9.47. The van der Waals surface area contributed by atoms with E-state index in [-0.39, 0.29) is 5.75 Å². The van der Waals surface area contributed by atoms with Crippen LogP contribution < -0.4 is 10.1 Å². The molecule has 4 nitrogen and oxygen atoms in total. The van der Waals surface area contributed by atoms with E-state index in [4.69, 9.17) is 4.74 Å². The Morgan fingerprint density at radius 1 is 1.28 bits per heavy atom. The van der Waals surface area contributed by atoms with Gasteiger partial charge in [-0.3, -0.25) is 4.90 Å². The number of hydrogen-bond donors (Lipinski definition) is 2. The highest BCUT2D eigenvalue weighted by Gasteiger charge is 2.33. The van der Waals surface area contributed by atoms with Gasteiger partial charge in [0.25, 0.3) is 0 Å². The monoisotopic (exact) mass is 248 g/mol. The molecule has 2 aliphatic rings. The first-order valence-corrected chi connectivity index (χ1v) is 6.59. The Balaban J connectivity index is 1.83. The summed E-state index contributed by atoms with van der Waals surface area (Å²) in [6.07, 6.45) is 0. The Morgan fingerprint density at radius 2 is 2.00 bits per heavy atom. The van der Waals surface area contributed by atoms with Gasteiger partial charge in [-0.15, -0.1) is 0 Å². The summed E-state index contributed by atoms with van der Waals surface area (Å²) in [5, 5.41) is 13.0. The molecule has 18 heavy (non-hydrogen) atoms. The molecule has 0 aliphatic carbocycles. The zero-order valence-electron chi connectivity index (χ0n) is 10.9. The Labute approximate surface area is 108 Å². The average Bonchev–Trinajstić information content (AvgIpc) is 2.70. The van der Waals surface area contributed by atoms with Gasteiger partial charge in [-0.2, -0.15) is 0 Å². The maximum Gasteiger partial charge on any atom is 0.127 e. The lowest BCUT2D eigenvalue weighted by atomic mass is 10.0. The zero-order valence-corrected chi connectivity index (χ0v) is 10.9. The summed E-state index contributed by atoms with van der Waals surface area (Å²) in [5.41, 5.74) is 1.20. The Morgan fingerprint density at radius 3 is 2.72 bits per heavy atom. The molecule has 2 N–H and O–H groups in total. The summed E-state index contributed by atoms with van der Waals surface area (Å²) in [6, 6.07) is 6.79. The molecule has 3 unspecified atom stereocenters. The zero-order chi connectivity index (χ0) is 12.7. The van der Waals surface area contributed by atoms with Crippen LogP contribution in [0.3, 0.4) is 0 Å². The Bertz CT molecular complexity index is 439. The van der Waals surface area contributed by atoms with E-state index in [1.165, 1.54) is 5.56 Å². The summed E-state index contributed by atoms with van der Waals surface area (Å²) in [4.78, 5) is 2.48. The third kappa shape index (κ3) is 2.06. The van der Waals surface area contributed by atoms with Crippen LogP contribution in [0.5, 0.6) is 11.5 Å². The van der Waals surface area contributed by atoms with Crippen molar-refractivity contribution < 1.29 is 9.84 Å². The van der Waals surface area contributed by atoms with E-state index in [0.29, 0.717) is 24.7 Å². The summed E-state index contributed by atoms with van der Waals surface area (Å²) >= 11 is 0. The summed E-state index contributed by atoms with van der Waals surface area (Å²) < 4.78 is 5.69. The van der Waals surface area contributed by atoms with Crippen LogP contribution in [0.4, 0.5) is 0 Å². The van der Waals surface area contributed by atoms with Gasteiger partial charge in [-0.05, 0) is 26.0 Å². The Kier molecular flexibility index (Phi) is 2.92. The van der Waals surface area contributed by atoms with E-state index in [1.807, 2.05) is 6.07 Å². The number of piperazine rings is 1. The van der Waals surface area contributed by atoms with Gasteiger partial charge in [0.15, 0.2) is 0 Å². The van der Waals surface area contributed by atoms with Crippen molar-refractivity contribution >= 4 is 0 Å². The molecule has 3 atom stereocenters. The van der Waals surface area contributed by atoms with Gasteiger partial charge in [0, 0.05) is 36.8 Å². The van der Waals surface area contributed by atoms with Crippen molar-refractivity contribution in [3.63, 3.8) is 0 Å². The first-order chi connectivity index (χ1) is 8.63. The van der Waals surface area contributed by atoms with Crippen LogP contribution in [-0.4, -0.2) is 41.8 Å². The maximum absolute atomic E-state index is 9.47. The van der Waals surface area contributed by atoms with E-state index < -0.39 is 0 Å². The normalized spacial score (nSPS) is 32.0. The molecular formula is C14H20N2O2. The van der Waals surface area contributed by atoms with Gasteiger partial charge in [0.1, 0.15) is 18.1 Å². The first-order valence-electron chi connectivity index (χ1n) is 6.59. The molecule has 0 bridgehead atoms. The largest absolute Gasteiger partial charge is 0.508 e. The van der Waals surface area contributed by atoms with Crippen molar-refractivity contribution in [2.75, 3.05) is 19.7 Å². The molecule has 98 valence electrons. The first kappa shape index (κ1) is 11.8. The van der Waals surface area contributed by atoms with Gasteiger partial charge in [0.05, 0.1) is 6.04 Å². The topological polar surface area (TPSA) is 44.7 Å². The minimum atomic E-state index is 0.274. The molecule has 2 aliphatic heterocycles. The van der Waals surface area contributed by atoms with Crippen LogP contribution in [0.15, 0.2) is 18.2 Å². The number of nitrogens with one attached hydrogen (secondary N) is 1. The molecule has 0 aromatic heterocycles. The van der Waals surface area contributed by atoms with Crippen LogP contribution in [0.1, 0.15) is 25.5 Å². The minimum Gasteiger partial charge on any atom is -0.508 e. The molecule has 4 heteroatoms. The van der Waals surface area contributed by atoms with Crippen molar-refractivity contribution in [2.24, 2.45) is 0 Å². The fourth-order valence-electron chi connectivity index (χ4n) is 3.11. The number of hydrogen-bond acceptors (Lipinski definition) is 4. The van der Waals surface area contributed by atoms with Crippen LogP contribution in [0, 0.1) is 0 Å². The molecule has 3 rings (SSSR count). The molecule has 1 aromatic carbocycles. The number of fused-ring (bicyclic) bond motifs is 1. The summed E-state index contributed by atoms with van der Waals surface area (Å²) in [7, 11) is 0. The van der Waals surface area contributed by atoms with Crippen molar-refractivity contribution in [2.45, 2.75) is 32.0 Å². The highest BCUT2D eigenvalue weighted by molar-refractivity contribution is 5.44. The third-order valence-electron chi connectivity index (χ3n) is 3.78. The smallest absolute Gasteiger partial charge is 0.127 e. The molecule has 0 spiro atoms. The van der Waals surface area contributed by atoms with Crippen molar-refractivity contribution in [1.82, 2.24) is 10.2 Å². The number of phenols is 1. The van der Waals surface area contributed by atoms with Gasteiger partial charge in [0.2, 0.25) is 0 Å². The van der Waals surface area contributed by atoms with Crippen molar-refractivity contribution in [3.8, 4) is 11.5 Å². The molecule has 0 radical (unpaired) electrons. The highest BCUT2D eigenvalue weighted by Crippen LogP contribution is 2.38. The van der Waals surface area contributed by atoms with Gasteiger partial charge < -0.3 is 15.2 Å². The van der Waals surface area contributed by atoms with Gasteiger partial charge in [-0.25, -0.2) is 0 Å². The number of nitrogens with zero attached hydrogens (tertiary/aromatic N) is 1. The SMILES string of the molecule is CC1CN(C2COc3cc(O)ccc32)CC(C)N1. The minimum absolute atomic E-state index is 0.274. The second-order valence-corrected chi connectivity index (χ2v) is 5.47. The predicted octanol–water partition coefficient (Wildman–Crippen LogP) is 1.51. The second-order valence-electron chi connectivity index (χ2n) is 5.47. The number of ether oxygens (including phenoxy) is 1. The van der Waals surface area contributed by atoms with E-state index in [0.717, 1.165) is 18.8 Å². The van der Waals surface area contributed by atoms with Gasteiger partial charge >= 0.3 is 0 Å². The van der Waals surface area contributed by atoms with Crippen molar-refractivity contribution in [1.29, 1.82) is 0 Å². The fraction of sp³-hybridized carbons (Fsp3) is 0.571. The average molecular weight is 248 g/mol. The molecule has 2 heterocycles. The van der Waals surface area contributed by atoms with Crippen LogP contribution in [0.2, 0.25) is 0 Å². The van der Waals surface area contributed by atoms with E-state index >= 15 is 0 Å². The van der Waals surface area contributed by atoms with Crippen molar-refractivity contribution in [3.05, 3.63) is 23.8 Å². The second kappa shape index (κ2) is 4.44. The quantitative estimate of drug-likeness (QED) is 0.790. The van der Waals surface area contributed by atoms with Crippen LogP contribution >= 0.6 is 0 Å². The number of aromatic hydroxyl groups is 1. The standard InChI is InChI=1S/C14H20N2O2/c1-9-6-16(7-10(2)15-9)13-8-18-14-5-11(17)3-4-12(13)14/h3-5,9-10,13,15,17H,6-8H2,1-2H3. The lowest BCUT2D eigenvalue weighted by Crippen LogP contribution is -2.55. The Hall–Kier alpha value is -1.26. The number of phenolic OH excluding ortho intramolecular Hbond substituents is 1. The fourth-order valence-corrected chi connectivity index (χ4v) is 3.11. The predicted molar refractivity (Wildman–Crippen MR) is 70.0 cm³/mol. The molecule has 0 saturated carbocycles. The van der Waals surface area contributed by atoms with Gasteiger partial charge in [-0.1, -0.05) is 0 Å². The molecule has 1 saturated heterocycles. The summed E-state index contributed by atoms with van der Waals surface area (Å²) in [6.45, 7) is 7.21. The number of benzene rings is 1. The summed E-state index contributed by atoms with van der Waals surface area (Å²) in [5.74, 6) is 1.11. The van der Waals surface area contributed by atoms with Crippen LogP contribution in [0.25, 0.3) is 0 Å². The highest BCUT2D eigenvalue weighted by atomic mass is 16.5. The van der Waals surface area contributed by atoms with E-state index in [2.05, 4.69) is 24.1 Å². The third-order valence-corrected chi connectivity index (χ3v) is 3.78. The molecule has 1 fully saturated rings.